The van der Waals surface area contributed by atoms with Gasteiger partial charge in [-0.1, -0.05) is 29.8 Å². The highest BCUT2D eigenvalue weighted by Crippen LogP contribution is 2.18. The molecule has 1 aromatic carbocycles. The first kappa shape index (κ1) is 13.5. The highest BCUT2D eigenvalue weighted by Gasteiger charge is 2.24. The van der Waals surface area contributed by atoms with Crippen molar-refractivity contribution in [1.82, 2.24) is 0 Å². The molecule has 1 rings (SSSR count). The van der Waals surface area contributed by atoms with Gasteiger partial charge >= 0.3 is 11.9 Å². The van der Waals surface area contributed by atoms with Crippen LogP contribution in [0.15, 0.2) is 24.3 Å². The van der Waals surface area contributed by atoms with Gasteiger partial charge in [-0.05, 0) is 30.9 Å². The van der Waals surface area contributed by atoms with Crippen LogP contribution >= 0.6 is 11.6 Å². The van der Waals surface area contributed by atoms with Crippen molar-refractivity contribution in [3.63, 3.8) is 0 Å². The average molecular weight is 257 g/mol. The summed E-state index contributed by atoms with van der Waals surface area (Å²) in [4.78, 5) is 21.3. The number of aryl methyl sites for hydroxylation is 1. The maximum Gasteiger partial charge on any atom is 0.317 e. The standard InChI is InChI=1S/C12H13ClO4/c13-10-7-2-1-4-8(10)5-3-6-9(11(14)15)12(16)17/h1-2,4,7,9H,3,5-6H2,(H,14,15)(H,16,17). The smallest absolute Gasteiger partial charge is 0.317 e. The second kappa shape index (κ2) is 6.25. The molecule has 0 bridgehead atoms. The minimum absolute atomic E-state index is 0.107. The zero-order valence-corrected chi connectivity index (χ0v) is 9.85. The molecule has 0 fully saturated rings. The third-order valence-electron chi connectivity index (χ3n) is 2.49. The maximum absolute atomic E-state index is 10.6. The van der Waals surface area contributed by atoms with Crippen LogP contribution in [0, 0.1) is 5.92 Å². The van der Waals surface area contributed by atoms with Crippen LogP contribution in [0.4, 0.5) is 0 Å². The lowest BCUT2D eigenvalue weighted by molar-refractivity contribution is -0.154. The van der Waals surface area contributed by atoms with E-state index in [0.29, 0.717) is 17.9 Å². The first-order chi connectivity index (χ1) is 8.02. The van der Waals surface area contributed by atoms with Crippen LogP contribution in [0.25, 0.3) is 0 Å². The van der Waals surface area contributed by atoms with E-state index in [1.807, 2.05) is 18.2 Å². The summed E-state index contributed by atoms with van der Waals surface area (Å²) in [5, 5.41) is 18.0. The first-order valence-electron chi connectivity index (χ1n) is 5.21. The minimum atomic E-state index is -1.34. The molecule has 0 aliphatic carbocycles. The summed E-state index contributed by atoms with van der Waals surface area (Å²) in [6.45, 7) is 0. The summed E-state index contributed by atoms with van der Waals surface area (Å²) in [6.07, 6.45) is 1.17. The third-order valence-corrected chi connectivity index (χ3v) is 2.86. The summed E-state index contributed by atoms with van der Waals surface area (Å²) in [5.74, 6) is -3.93. The second-order valence-electron chi connectivity index (χ2n) is 3.71. The quantitative estimate of drug-likeness (QED) is 0.767. The molecule has 0 saturated carbocycles. The molecule has 0 aromatic heterocycles. The molecule has 0 unspecified atom stereocenters. The fraction of sp³-hybridized carbons (Fsp3) is 0.333. The number of carboxylic acids is 2. The molecule has 2 N–H and O–H groups in total. The average Bonchev–Trinajstić information content (AvgIpc) is 2.25. The van der Waals surface area contributed by atoms with E-state index in [0.717, 1.165) is 5.56 Å². The van der Waals surface area contributed by atoms with E-state index in [2.05, 4.69) is 0 Å². The Morgan fingerprint density at radius 1 is 1.18 bits per heavy atom. The molecule has 0 atom stereocenters. The van der Waals surface area contributed by atoms with Crippen molar-refractivity contribution < 1.29 is 19.8 Å². The molecular weight excluding hydrogens is 244 g/mol. The van der Waals surface area contributed by atoms with Gasteiger partial charge < -0.3 is 10.2 Å². The monoisotopic (exact) mass is 256 g/mol. The SMILES string of the molecule is O=C(O)C(CCCc1ccccc1Cl)C(=O)O. The summed E-state index contributed by atoms with van der Waals surface area (Å²) in [5.41, 5.74) is 0.906. The molecule has 0 amide bonds. The van der Waals surface area contributed by atoms with Gasteiger partial charge in [0.05, 0.1) is 0 Å². The molecule has 0 saturated heterocycles. The topological polar surface area (TPSA) is 74.6 Å². The molecule has 0 heterocycles. The zero-order chi connectivity index (χ0) is 12.8. The van der Waals surface area contributed by atoms with Crippen LogP contribution in [0.1, 0.15) is 18.4 Å². The lowest BCUT2D eigenvalue weighted by atomic mass is 10.00. The molecular formula is C12H13ClO4. The number of benzene rings is 1. The van der Waals surface area contributed by atoms with Crippen molar-refractivity contribution in [1.29, 1.82) is 0 Å². The molecule has 0 aliphatic rings. The fourth-order valence-corrected chi connectivity index (χ4v) is 1.78. The van der Waals surface area contributed by atoms with Crippen LogP contribution in [0.3, 0.4) is 0 Å². The Morgan fingerprint density at radius 3 is 2.29 bits per heavy atom. The Kier molecular flexibility index (Phi) is 4.97. The van der Waals surface area contributed by atoms with E-state index >= 15 is 0 Å². The first-order valence-corrected chi connectivity index (χ1v) is 5.59. The molecule has 0 aliphatic heterocycles. The van der Waals surface area contributed by atoms with Crippen molar-refractivity contribution in [3.8, 4) is 0 Å². The summed E-state index contributed by atoms with van der Waals surface area (Å²) in [6, 6.07) is 7.25. The normalized spacial score (nSPS) is 10.5. The predicted molar refractivity (Wildman–Crippen MR) is 63.2 cm³/mol. The summed E-state index contributed by atoms with van der Waals surface area (Å²) in [7, 11) is 0. The molecule has 0 spiro atoms. The van der Waals surface area contributed by atoms with Crippen molar-refractivity contribution in [2.75, 3.05) is 0 Å². The van der Waals surface area contributed by atoms with Crippen LogP contribution in [0.5, 0.6) is 0 Å². The Morgan fingerprint density at radius 2 is 1.76 bits per heavy atom. The van der Waals surface area contributed by atoms with Crippen LogP contribution in [0.2, 0.25) is 5.02 Å². The van der Waals surface area contributed by atoms with Gasteiger partial charge in [0.1, 0.15) is 0 Å². The molecule has 92 valence electrons. The number of rotatable bonds is 6. The highest BCUT2D eigenvalue weighted by molar-refractivity contribution is 6.31. The molecule has 17 heavy (non-hydrogen) atoms. The second-order valence-corrected chi connectivity index (χ2v) is 4.12. The lowest BCUT2D eigenvalue weighted by Gasteiger charge is -2.07. The Hall–Kier alpha value is -1.55. The van der Waals surface area contributed by atoms with E-state index < -0.39 is 17.9 Å². The lowest BCUT2D eigenvalue weighted by Crippen LogP contribution is -2.23. The van der Waals surface area contributed by atoms with Crippen molar-refractivity contribution in [3.05, 3.63) is 34.9 Å². The van der Waals surface area contributed by atoms with Gasteiger partial charge in [0.15, 0.2) is 5.92 Å². The van der Waals surface area contributed by atoms with Crippen molar-refractivity contribution >= 4 is 23.5 Å². The van der Waals surface area contributed by atoms with Gasteiger partial charge in [0.25, 0.3) is 0 Å². The maximum atomic E-state index is 10.6. The van der Waals surface area contributed by atoms with Gasteiger partial charge in [-0.3, -0.25) is 9.59 Å². The number of hydrogen-bond acceptors (Lipinski definition) is 2. The van der Waals surface area contributed by atoms with Gasteiger partial charge in [-0.15, -0.1) is 0 Å². The van der Waals surface area contributed by atoms with Crippen LogP contribution < -0.4 is 0 Å². The van der Waals surface area contributed by atoms with E-state index in [-0.39, 0.29) is 6.42 Å². The van der Waals surface area contributed by atoms with Gasteiger partial charge in [0.2, 0.25) is 0 Å². The minimum Gasteiger partial charge on any atom is -0.481 e. The van der Waals surface area contributed by atoms with E-state index in [1.165, 1.54) is 0 Å². The number of carboxylic acid groups (broad SMARTS) is 2. The third kappa shape index (κ3) is 4.07. The Bertz CT molecular complexity index is 403. The summed E-state index contributed by atoms with van der Waals surface area (Å²) < 4.78 is 0. The van der Waals surface area contributed by atoms with Crippen molar-refractivity contribution in [2.45, 2.75) is 19.3 Å². The zero-order valence-electron chi connectivity index (χ0n) is 9.10. The number of hydrogen-bond donors (Lipinski definition) is 2. The van der Waals surface area contributed by atoms with Gasteiger partial charge in [0, 0.05) is 5.02 Å². The number of aliphatic carboxylic acids is 2. The van der Waals surface area contributed by atoms with Gasteiger partial charge in [-0.2, -0.15) is 0 Å². The van der Waals surface area contributed by atoms with E-state index in [9.17, 15) is 9.59 Å². The Labute approximate surface area is 104 Å². The fourth-order valence-electron chi connectivity index (χ4n) is 1.55. The van der Waals surface area contributed by atoms with Crippen molar-refractivity contribution in [2.24, 2.45) is 5.92 Å². The number of carbonyl (C=O) groups is 2. The largest absolute Gasteiger partial charge is 0.481 e. The molecule has 5 heteroatoms. The van der Waals surface area contributed by atoms with E-state index in [4.69, 9.17) is 21.8 Å². The predicted octanol–water partition coefficient (Wildman–Crippen LogP) is 2.45. The molecule has 4 nitrogen and oxygen atoms in total. The van der Waals surface area contributed by atoms with Crippen LogP contribution in [-0.2, 0) is 16.0 Å². The molecule has 0 radical (unpaired) electrons. The molecule has 1 aromatic rings. The Balaban J connectivity index is 2.50. The number of halogens is 1. The van der Waals surface area contributed by atoms with Crippen LogP contribution in [-0.4, -0.2) is 22.2 Å². The summed E-state index contributed by atoms with van der Waals surface area (Å²) >= 11 is 5.93. The van der Waals surface area contributed by atoms with Gasteiger partial charge in [-0.25, -0.2) is 0 Å². The highest BCUT2D eigenvalue weighted by atomic mass is 35.5. The van der Waals surface area contributed by atoms with E-state index in [1.54, 1.807) is 6.07 Å².